The Morgan fingerprint density at radius 3 is 3.00 bits per heavy atom. The zero-order chi connectivity index (χ0) is 13.8. The van der Waals surface area contributed by atoms with E-state index in [2.05, 4.69) is 5.32 Å². The van der Waals surface area contributed by atoms with Crippen molar-refractivity contribution in [3.63, 3.8) is 0 Å². The first-order valence-electron chi connectivity index (χ1n) is 6.34. The second-order valence-electron chi connectivity index (χ2n) is 4.63. The van der Waals surface area contributed by atoms with Crippen LogP contribution in [0.1, 0.15) is 24.0 Å². The van der Waals surface area contributed by atoms with E-state index < -0.39 is 0 Å². The van der Waals surface area contributed by atoms with Crippen molar-refractivity contribution >= 4 is 17.5 Å². The van der Waals surface area contributed by atoms with Gasteiger partial charge in [-0.15, -0.1) is 0 Å². The summed E-state index contributed by atoms with van der Waals surface area (Å²) in [6.45, 7) is 3.09. The summed E-state index contributed by atoms with van der Waals surface area (Å²) in [5.74, 6) is 0.595. The fourth-order valence-corrected chi connectivity index (χ4v) is 2.39. The number of hydrogen-bond donors (Lipinski definition) is 1. The molecule has 104 valence electrons. The number of methoxy groups -OCH3 is 1. The summed E-state index contributed by atoms with van der Waals surface area (Å²) in [6, 6.07) is 3.70. The minimum atomic E-state index is -0.297. The molecule has 2 rings (SSSR count). The summed E-state index contributed by atoms with van der Waals surface area (Å²) in [6.07, 6.45) is 1.45. The molecule has 5 heteroatoms. The highest BCUT2D eigenvalue weighted by Crippen LogP contribution is 2.27. The molecule has 1 unspecified atom stereocenters. The maximum absolute atomic E-state index is 11.8. The number of carbonyl (C=O) groups is 1. The van der Waals surface area contributed by atoms with Crippen molar-refractivity contribution in [2.45, 2.75) is 32.4 Å². The van der Waals surface area contributed by atoms with Crippen molar-refractivity contribution in [3.05, 3.63) is 28.3 Å². The summed E-state index contributed by atoms with van der Waals surface area (Å²) in [7, 11) is 1.58. The number of halogens is 1. The normalized spacial score (nSPS) is 18.4. The van der Waals surface area contributed by atoms with Gasteiger partial charge in [0.25, 0.3) is 0 Å². The van der Waals surface area contributed by atoms with E-state index >= 15 is 0 Å². The maximum Gasteiger partial charge on any atom is 0.249 e. The van der Waals surface area contributed by atoms with E-state index in [1.807, 2.05) is 19.1 Å². The van der Waals surface area contributed by atoms with Crippen molar-refractivity contribution < 1.29 is 14.3 Å². The first kappa shape index (κ1) is 14.2. The number of ether oxygens (including phenoxy) is 2. The molecule has 4 nitrogen and oxygen atoms in total. The third kappa shape index (κ3) is 3.39. The minimum Gasteiger partial charge on any atom is -0.495 e. The van der Waals surface area contributed by atoms with Crippen LogP contribution in [0.5, 0.6) is 5.75 Å². The molecule has 1 aromatic rings. The second kappa shape index (κ2) is 6.26. The highest BCUT2D eigenvalue weighted by molar-refractivity contribution is 6.32. The van der Waals surface area contributed by atoms with Gasteiger partial charge in [-0.1, -0.05) is 11.6 Å². The number of carbonyl (C=O) groups excluding carboxylic acids is 1. The smallest absolute Gasteiger partial charge is 0.249 e. The molecule has 0 aliphatic carbocycles. The molecular weight excluding hydrogens is 266 g/mol. The molecule has 1 aliphatic heterocycles. The molecule has 1 saturated heterocycles. The van der Waals surface area contributed by atoms with Gasteiger partial charge >= 0.3 is 0 Å². The molecule has 0 radical (unpaired) electrons. The lowest BCUT2D eigenvalue weighted by Crippen LogP contribution is -2.33. The molecule has 1 amide bonds. The lowest BCUT2D eigenvalue weighted by molar-refractivity contribution is -0.130. The summed E-state index contributed by atoms with van der Waals surface area (Å²) in [5.41, 5.74) is 2.02. The first-order valence-corrected chi connectivity index (χ1v) is 6.72. The van der Waals surface area contributed by atoms with E-state index in [1.165, 1.54) is 0 Å². The Bertz CT molecular complexity index is 470. The van der Waals surface area contributed by atoms with Gasteiger partial charge in [0.05, 0.1) is 12.1 Å². The van der Waals surface area contributed by atoms with E-state index in [0.29, 0.717) is 23.9 Å². The number of rotatable bonds is 4. The zero-order valence-electron chi connectivity index (χ0n) is 11.2. The quantitative estimate of drug-likeness (QED) is 0.923. The van der Waals surface area contributed by atoms with Gasteiger partial charge < -0.3 is 14.8 Å². The second-order valence-corrected chi connectivity index (χ2v) is 5.04. The Balaban J connectivity index is 1.99. The van der Waals surface area contributed by atoms with E-state index in [4.69, 9.17) is 21.1 Å². The Labute approximate surface area is 118 Å². The molecule has 1 atom stereocenters. The van der Waals surface area contributed by atoms with Gasteiger partial charge in [0, 0.05) is 13.2 Å². The van der Waals surface area contributed by atoms with Crippen molar-refractivity contribution in [2.24, 2.45) is 0 Å². The van der Waals surface area contributed by atoms with Crippen LogP contribution in [0.15, 0.2) is 12.1 Å². The minimum absolute atomic E-state index is 0.0520. The highest BCUT2D eigenvalue weighted by atomic mass is 35.5. The number of aryl methyl sites for hydroxylation is 1. The number of nitrogens with one attached hydrogen (secondary N) is 1. The van der Waals surface area contributed by atoms with Crippen LogP contribution in [-0.2, 0) is 16.1 Å². The molecule has 1 aliphatic rings. The van der Waals surface area contributed by atoms with Gasteiger partial charge in [-0.3, -0.25) is 4.79 Å². The average molecular weight is 284 g/mol. The van der Waals surface area contributed by atoms with Gasteiger partial charge in [-0.25, -0.2) is 0 Å². The van der Waals surface area contributed by atoms with E-state index in [9.17, 15) is 4.79 Å². The van der Waals surface area contributed by atoms with Crippen molar-refractivity contribution in [1.82, 2.24) is 5.32 Å². The Morgan fingerprint density at radius 1 is 1.58 bits per heavy atom. The lowest BCUT2D eigenvalue weighted by atomic mass is 10.1. The zero-order valence-corrected chi connectivity index (χ0v) is 11.9. The van der Waals surface area contributed by atoms with E-state index in [0.717, 1.165) is 24.0 Å². The number of amides is 1. The van der Waals surface area contributed by atoms with Crippen LogP contribution in [0.2, 0.25) is 5.02 Å². The molecular formula is C14H18ClNO3. The van der Waals surface area contributed by atoms with Crippen molar-refractivity contribution in [3.8, 4) is 5.75 Å². The van der Waals surface area contributed by atoms with Crippen LogP contribution in [0.25, 0.3) is 0 Å². The third-order valence-electron chi connectivity index (χ3n) is 3.29. The van der Waals surface area contributed by atoms with Crippen LogP contribution >= 0.6 is 11.6 Å². The fraction of sp³-hybridized carbons (Fsp3) is 0.500. The number of benzene rings is 1. The fourth-order valence-electron chi connectivity index (χ4n) is 2.12. The molecule has 0 aromatic heterocycles. The Morgan fingerprint density at radius 2 is 2.37 bits per heavy atom. The predicted molar refractivity (Wildman–Crippen MR) is 73.6 cm³/mol. The van der Waals surface area contributed by atoms with Crippen LogP contribution in [0.3, 0.4) is 0 Å². The molecule has 1 fully saturated rings. The van der Waals surface area contributed by atoms with Crippen LogP contribution in [-0.4, -0.2) is 25.7 Å². The van der Waals surface area contributed by atoms with Crippen molar-refractivity contribution in [1.29, 1.82) is 0 Å². The topological polar surface area (TPSA) is 47.6 Å². The maximum atomic E-state index is 11.8. The molecule has 19 heavy (non-hydrogen) atoms. The molecule has 1 aromatic carbocycles. The van der Waals surface area contributed by atoms with Gasteiger partial charge in [0.2, 0.25) is 5.91 Å². The van der Waals surface area contributed by atoms with Crippen molar-refractivity contribution in [2.75, 3.05) is 13.7 Å². The summed E-state index contributed by atoms with van der Waals surface area (Å²) < 4.78 is 10.5. The summed E-state index contributed by atoms with van der Waals surface area (Å²) in [4.78, 5) is 11.8. The third-order valence-corrected chi connectivity index (χ3v) is 3.58. The largest absolute Gasteiger partial charge is 0.495 e. The van der Waals surface area contributed by atoms with E-state index in [1.54, 1.807) is 7.11 Å². The number of hydrogen-bond acceptors (Lipinski definition) is 3. The molecule has 1 N–H and O–H groups in total. The van der Waals surface area contributed by atoms with Crippen LogP contribution in [0, 0.1) is 6.92 Å². The molecule has 0 spiro atoms. The molecule has 0 saturated carbocycles. The predicted octanol–water partition coefficient (Wildman–Crippen LogP) is 2.45. The highest BCUT2D eigenvalue weighted by Gasteiger charge is 2.23. The summed E-state index contributed by atoms with van der Waals surface area (Å²) in [5, 5.41) is 3.43. The molecule has 0 bridgehead atoms. The Hall–Kier alpha value is -1.26. The van der Waals surface area contributed by atoms with Gasteiger partial charge in [-0.05, 0) is 43.0 Å². The molecule has 1 heterocycles. The first-order chi connectivity index (χ1) is 9.11. The monoisotopic (exact) mass is 283 g/mol. The standard InChI is InChI=1S/C14H18ClNO3/c1-9-6-13(18-2)11(15)7-10(9)8-16-14(17)12-4-3-5-19-12/h6-7,12H,3-5,8H2,1-2H3,(H,16,17). The lowest BCUT2D eigenvalue weighted by Gasteiger charge is -2.13. The Kier molecular flexibility index (Phi) is 4.66. The average Bonchev–Trinajstić information content (AvgIpc) is 2.93. The van der Waals surface area contributed by atoms with Gasteiger partial charge in [-0.2, -0.15) is 0 Å². The van der Waals surface area contributed by atoms with Crippen LogP contribution < -0.4 is 10.1 Å². The summed E-state index contributed by atoms with van der Waals surface area (Å²) >= 11 is 6.08. The van der Waals surface area contributed by atoms with E-state index in [-0.39, 0.29) is 12.0 Å². The SMILES string of the molecule is COc1cc(C)c(CNC(=O)C2CCCO2)cc1Cl. The van der Waals surface area contributed by atoms with Gasteiger partial charge in [0.1, 0.15) is 11.9 Å². The van der Waals surface area contributed by atoms with Gasteiger partial charge in [0.15, 0.2) is 0 Å². The van der Waals surface area contributed by atoms with Crippen LogP contribution in [0.4, 0.5) is 0 Å².